The van der Waals surface area contributed by atoms with Gasteiger partial charge >= 0.3 is 0 Å². The summed E-state index contributed by atoms with van der Waals surface area (Å²) in [6.07, 6.45) is 4.85. The van der Waals surface area contributed by atoms with Crippen LogP contribution in [0.15, 0.2) is 34.3 Å². The van der Waals surface area contributed by atoms with Crippen molar-refractivity contribution in [1.29, 1.82) is 0 Å². The second-order valence-corrected chi connectivity index (χ2v) is 10.5. The Hall–Kier alpha value is -1.42. The summed E-state index contributed by atoms with van der Waals surface area (Å²) in [7, 11) is -3.47. The summed E-state index contributed by atoms with van der Waals surface area (Å²) in [5.74, 6) is 2.42. The van der Waals surface area contributed by atoms with E-state index in [4.69, 9.17) is 4.74 Å². The van der Waals surface area contributed by atoms with Crippen molar-refractivity contribution in [2.45, 2.75) is 53.4 Å². The summed E-state index contributed by atoms with van der Waals surface area (Å²) in [6, 6.07) is 7.82. The number of nitrogens with zero attached hydrogens (tertiary/aromatic N) is 4. The molecule has 7 nitrogen and oxygen atoms in total. The van der Waals surface area contributed by atoms with Gasteiger partial charge in [0.2, 0.25) is 10.0 Å². The van der Waals surface area contributed by atoms with Gasteiger partial charge in [0.25, 0.3) is 0 Å². The van der Waals surface area contributed by atoms with E-state index in [1.807, 2.05) is 12.1 Å². The third-order valence-corrected chi connectivity index (χ3v) is 8.33. The van der Waals surface area contributed by atoms with E-state index in [9.17, 15) is 8.42 Å². The van der Waals surface area contributed by atoms with Gasteiger partial charge in [-0.2, -0.15) is 4.31 Å². The molecule has 0 bridgehead atoms. The Kier molecular flexibility index (Phi) is 4.94. The van der Waals surface area contributed by atoms with Crippen molar-refractivity contribution >= 4 is 21.8 Å². The number of rotatable bonds is 7. The maximum Gasteiger partial charge on any atom is 0.243 e. The van der Waals surface area contributed by atoms with Crippen LogP contribution in [-0.4, -0.2) is 53.8 Å². The lowest BCUT2D eigenvalue weighted by Crippen LogP contribution is -2.40. The Morgan fingerprint density at radius 3 is 2.61 bits per heavy atom. The number of aromatic nitrogens is 3. The molecule has 1 saturated heterocycles. The van der Waals surface area contributed by atoms with Gasteiger partial charge in [-0.15, -0.1) is 10.2 Å². The first-order valence-electron chi connectivity index (χ1n) is 9.87. The van der Waals surface area contributed by atoms with Crippen LogP contribution in [0.5, 0.6) is 0 Å². The smallest absolute Gasteiger partial charge is 0.243 e. The second-order valence-electron chi connectivity index (χ2n) is 7.67. The van der Waals surface area contributed by atoms with E-state index < -0.39 is 10.0 Å². The van der Waals surface area contributed by atoms with Gasteiger partial charge in [0.05, 0.1) is 18.1 Å². The molecular formula is C19H24N4O3S2. The van der Waals surface area contributed by atoms with E-state index >= 15 is 0 Å². The van der Waals surface area contributed by atoms with Gasteiger partial charge in [-0.1, -0.05) is 23.9 Å². The maximum absolute atomic E-state index is 12.9. The van der Waals surface area contributed by atoms with Gasteiger partial charge in [0.1, 0.15) is 5.82 Å². The molecule has 3 fully saturated rings. The lowest BCUT2D eigenvalue weighted by Gasteiger charge is -2.26. The molecule has 2 aromatic rings. The molecule has 1 aromatic heterocycles. The topological polar surface area (TPSA) is 77.3 Å². The van der Waals surface area contributed by atoms with Crippen molar-refractivity contribution in [3.8, 4) is 0 Å². The summed E-state index contributed by atoms with van der Waals surface area (Å²) in [5, 5.41) is 9.85. The largest absolute Gasteiger partial charge is 0.379 e. The zero-order valence-corrected chi connectivity index (χ0v) is 17.3. The second kappa shape index (κ2) is 7.44. The Bertz CT molecular complexity index is 961. The zero-order chi connectivity index (χ0) is 19.1. The molecule has 5 rings (SSSR count). The van der Waals surface area contributed by atoms with E-state index in [-0.39, 0.29) is 0 Å². The van der Waals surface area contributed by atoms with Crippen molar-refractivity contribution in [3.63, 3.8) is 0 Å². The molecule has 9 heteroatoms. The third-order valence-electron chi connectivity index (χ3n) is 5.42. The molecule has 0 N–H and O–H groups in total. The fourth-order valence-electron chi connectivity index (χ4n) is 3.56. The molecule has 2 heterocycles. The van der Waals surface area contributed by atoms with Gasteiger partial charge in [0, 0.05) is 30.8 Å². The van der Waals surface area contributed by atoms with Crippen LogP contribution in [0.2, 0.25) is 0 Å². The highest BCUT2D eigenvalue weighted by atomic mass is 32.2. The van der Waals surface area contributed by atoms with Gasteiger partial charge in [-0.05, 0) is 43.4 Å². The SMILES string of the molecule is O=S(=O)(c1cccc(CSc2nnc(C3CC3)n2C2CC2)c1)N1CCOCC1. The van der Waals surface area contributed by atoms with Crippen LogP contribution in [0.4, 0.5) is 0 Å². The Morgan fingerprint density at radius 1 is 1.11 bits per heavy atom. The molecule has 3 aliphatic rings. The van der Waals surface area contributed by atoms with Crippen LogP contribution in [0.25, 0.3) is 0 Å². The summed E-state index contributed by atoms with van der Waals surface area (Å²) < 4.78 is 34.9. The number of hydrogen-bond acceptors (Lipinski definition) is 6. The Labute approximate surface area is 169 Å². The molecular weight excluding hydrogens is 396 g/mol. The number of benzene rings is 1. The van der Waals surface area contributed by atoms with Crippen LogP contribution in [-0.2, 0) is 20.5 Å². The maximum atomic E-state index is 12.9. The average molecular weight is 421 g/mol. The van der Waals surface area contributed by atoms with Crippen molar-refractivity contribution in [2.24, 2.45) is 0 Å². The minimum atomic E-state index is -3.47. The lowest BCUT2D eigenvalue weighted by molar-refractivity contribution is 0.0730. The molecule has 0 amide bonds. The average Bonchev–Trinajstić information content (AvgIpc) is 3.66. The molecule has 28 heavy (non-hydrogen) atoms. The van der Waals surface area contributed by atoms with Crippen molar-refractivity contribution < 1.29 is 13.2 Å². The summed E-state index contributed by atoms with van der Waals surface area (Å²) in [6.45, 7) is 1.73. The highest BCUT2D eigenvalue weighted by molar-refractivity contribution is 7.98. The van der Waals surface area contributed by atoms with Crippen LogP contribution in [0.1, 0.15) is 49.0 Å². The lowest BCUT2D eigenvalue weighted by atomic mass is 10.2. The monoisotopic (exact) mass is 420 g/mol. The van der Waals surface area contributed by atoms with Gasteiger partial charge in [-0.3, -0.25) is 0 Å². The predicted octanol–water partition coefficient (Wildman–Crippen LogP) is 2.80. The minimum Gasteiger partial charge on any atom is -0.379 e. The molecule has 0 atom stereocenters. The number of morpholine rings is 1. The number of ether oxygens (including phenoxy) is 1. The summed E-state index contributed by atoms with van der Waals surface area (Å²) >= 11 is 1.65. The zero-order valence-electron chi connectivity index (χ0n) is 15.7. The molecule has 0 spiro atoms. The van der Waals surface area contributed by atoms with Crippen LogP contribution < -0.4 is 0 Å². The van der Waals surface area contributed by atoms with E-state index in [1.54, 1.807) is 23.9 Å². The van der Waals surface area contributed by atoms with E-state index in [2.05, 4.69) is 14.8 Å². The standard InChI is InChI=1S/C19H24N4O3S2/c24-28(25,22-8-10-26-11-9-22)17-3-1-2-14(12-17)13-27-19-21-20-18(15-4-5-15)23(19)16-6-7-16/h1-3,12,15-16H,4-11,13H2. The van der Waals surface area contributed by atoms with Gasteiger partial charge < -0.3 is 9.30 Å². The molecule has 1 aromatic carbocycles. The first kappa shape index (κ1) is 18.6. The van der Waals surface area contributed by atoms with Crippen LogP contribution in [0.3, 0.4) is 0 Å². The molecule has 2 aliphatic carbocycles. The third kappa shape index (κ3) is 3.72. The highest BCUT2D eigenvalue weighted by Crippen LogP contribution is 2.46. The Balaban J connectivity index is 1.32. The summed E-state index contributed by atoms with van der Waals surface area (Å²) in [5.41, 5.74) is 0.984. The molecule has 2 saturated carbocycles. The van der Waals surface area contributed by atoms with Crippen LogP contribution >= 0.6 is 11.8 Å². The summed E-state index contributed by atoms with van der Waals surface area (Å²) in [4.78, 5) is 0.356. The van der Waals surface area contributed by atoms with E-state index in [0.717, 1.165) is 16.5 Å². The number of thioether (sulfide) groups is 1. The fourth-order valence-corrected chi connectivity index (χ4v) is 6.00. The predicted molar refractivity (Wildman–Crippen MR) is 106 cm³/mol. The fraction of sp³-hybridized carbons (Fsp3) is 0.579. The first-order valence-corrected chi connectivity index (χ1v) is 12.3. The van der Waals surface area contributed by atoms with Crippen molar-refractivity contribution in [2.75, 3.05) is 26.3 Å². The number of hydrogen-bond donors (Lipinski definition) is 0. The van der Waals surface area contributed by atoms with E-state index in [0.29, 0.717) is 48.9 Å². The minimum absolute atomic E-state index is 0.356. The Morgan fingerprint density at radius 2 is 1.89 bits per heavy atom. The van der Waals surface area contributed by atoms with Crippen LogP contribution in [0, 0.1) is 0 Å². The highest BCUT2D eigenvalue weighted by Gasteiger charge is 2.36. The first-order chi connectivity index (χ1) is 13.6. The quantitative estimate of drug-likeness (QED) is 0.641. The van der Waals surface area contributed by atoms with Crippen molar-refractivity contribution in [1.82, 2.24) is 19.1 Å². The molecule has 1 aliphatic heterocycles. The molecule has 150 valence electrons. The van der Waals surface area contributed by atoms with E-state index in [1.165, 1.54) is 30.0 Å². The van der Waals surface area contributed by atoms with Gasteiger partial charge in [-0.25, -0.2) is 8.42 Å². The molecule has 0 unspecified atom stereocenters. The molecule has 0 radical (unpaired) electrons. The number of sulfonamides is 1. The van der Waals surface area contributed by atoms with Gasteiger partial charge in [0.15, 0.2) is 5.16 Å². The normalized spacial score (nSPS) is 21.1. The van der Waals surface area contributed by atoms with Crippen molar-refractivity contribution in [3.05, 3.63) is 35.7 Å².